The third kappa shape index (κ3) is 3.25. The van der Waals surface area contributed by atoms with Crippen LogP contribution in [0.4, 0.5) is 0 Å². The molecule has 0 N–H and O–H groups in total. The smallest absolute Gasteiger partial charge is 0.265 e. The minimum Gasteiger partial charge on any atom is -0.451 e. The van der Waals surface area contributed by atoms with E-state index in [1.807, 2.05) is 89.5 Å². The number of para-hydroxylation sites is 2. The van der Waals surface area contributed by atoms with Gasteiger partial charge < -0.3 is 8.83 Å². The Balaban J connectivity index is 1.29. The number of hydrogen-bond donors (Lipinski definition) is 0. The van der Waals surface area contributed by atoms with E-state index in [1.54, 1.807) is 24.3 Å². The van der Waals surface area contributed by atoms with Crippen molar-refractivity contribution < 1.29 is 18.4 Å². The molecule has 184 valence electrons. The number of fused-ring (bicyclic) bond motifs is 4. The lowest BCUT2D eigenvalue weighted by Crippen LogP contribution is -2.03. The lowest BCUT2D eigenvalue weighted by molar-refractivity contribution is 0.0990. The molecule has 0 aliphatic heterocycles. The summed E-state index contributed by atoms with van der Waals surface area (Å²) in [5, 5.41) is 2.80. The third-order valence-corrected chi connectivity index (χ3v) is 7.19. The van der Waals surface area contributed by atoms with Crippen LogP contribution in [0.25, 0.3) is 56.4 Å². The number of rotatable bonds is 3. The van der Waals surface area contributed by atoms with Crippen LogP contribution in [-0.2, 0) is 0 Å². The Bertz CT molecular complexity index is 2070. The van der Waals surface area contributed by atoms with Gasteiger partial charge >= 0.3 is 0 Å². The molecule has 3 aromatic heterocycles. The van der Waals surface area contributed by atoms with Crippen LogP contribution in [0.3, 0.4) is 0 Å². The highest BCUT2D eigenvalue weighted by Crippen LogP contribution is 2.35. The van der Waals surface area contributed by atoms with Crippen LogP contribution in [0.15, 0.2) is 118 Å². The van der Waals surface area contributed by atoms with Crippen molar-refractivity contribution in [3.05, 3.63) is 126 Å². The first-order chi connectivity index (χ1) is 19.1. The van der Waals surface area contributed by atoms with E-state index in [0.29, 0.717) is 39.7 Å². The number of ketones is 2. The molecule has 8 rings (SSSR count). The van der Waals surface area contributed by atoms with Gasteiger partial charge in [-0.3, -0.25) is 14.2 Å². The van der Waals surface area contributed by atoms with Gasteiger partial charge in [0.25, 0.3) is 5.89 Å². The fourth-order valence-electron chi connectivity index (χ4n) is 5.33. The van der Waals surface area contributed by atoms with Gasteiger partial charge in [0.2, 0.25) is 0 Å². The molecule has 0 radical (unpaired) electrons. The Labute approximate surface area is 221 Å². The fourth-order valence-corrected chi connectivity index (χ4v) is 5.33. The Morgan fingerprint density at radius 1 is 0.641 bits per heavy atom. The van der Waals surface area contributed by atoms with Crippen LogP contribution >= 0.6 is 0 Å². The van der Waals surface area contributed by atoms with Gasteiger partial charge in [0.05, 0.1) is 11.3 Å². The highest BCUT2D eigenvalue weighted by atomic mass is 16.4. The van der Waals surface area contributed by atoms with Crippen LogP contribution in [-0.4, -0.2) is 21.1 Å². The Kier molecular flexibility index (Phi) is 4.43. The summed E-state index contributed by atoms with van der Waals surface area (Å²) in [5.41, 5.74) is 4.24. The van der Waals surface area contributed by atoms with Crippen molar-refractivity contribution in [2.75, 3.05) is 0 Å². The molecule has 7 aromatic rings. The molecule has 6 heteroatoms. The number of furan rings is 1. The molecule has 0 fully saturated rings. The molecule has 39 heavy (non-hydrogen) atoms. The van der Waals surface area contributed by atoms with Crippen molar-refractivity contribution in [3.8, 4) is 17.3 Å². The summed E-state index contributed by atoms with van der Waals surface area (Å²) in [6.45, 7) is 0. The predicted octanol–water partition coefficient (Wildman–Crippen LogP) is 7.65. The van der Waals surface area contributed by atoms with E-state index in [9.17, 15) is 9.59 Å². The maximum atomic E-state index is 13.4. The van der Waals surface area contributed by atoms with Gasteiger partial charge in [-0.05, 0) is 53.2 Å². The van der Waals surface area contributed by atoms with E-state index in [1.165, 1.54) is 0 Å². The molecule has 0 spiro atoms. The van der Waals surface area contributed by atoms with Gasteiger partial charge in [-0.1, -0.05) is 60.7 Å². The normalized spacial score (nSPS) is 13.2. The summed E-state index contributed by atoms with van der Waals surface area (Å²) in [6.07, 6.45) is 1.64. The van der Waals surface area contributed by atoms with Crippen LogP contribution in [0, 0.1) is 0 Å². The van der Waals surface area contributed by atoms with E-state index in [0.717, 1.165) is 27.4 Å². The maximum Gasteiger partial charge on any atom is 0.265 e. The first-order valence-electron chi connectivity index (χ1n) is 12.5. The molecule has 0 amide bonds. The first-order valence-corrected chi connectivity index (χ1v) is 12.5. The molecule has 6 nitrogen and oxygen atoms in total. The summed E-state index contributed by atoms with van der Waals surface area (Å²) < 4.78 is 14.0. The Morgan fingerprint density at radius 2 is 1.28 bits per heavy atom. The number of benzene rings is 4. The number of hydrogen-bond acceptors (Lipinski definition) is 5. The SMILES string of the molecule is O=C1C(=Cc2cc3oc(-c4cc5ccccc5o4)nc3n2-c2ccccc2)C(=O)c2cc3ccccc3cc21. The molecule has 0 unspecified atom stereocenters. The number of oxazole rings is 1. The summed E-state index contributed by atoms with van der Waals surface area (Å²) >= 11 is 0. The minimum absolute atomic E-state index is 0.121. The number of nitrogens with zero attached hydrogens (tertiary/aromatic N) is 2. The fraction of sp³-hybridized carbons (Fsp3) is 0. The standard InChI is InChI=1S/C33H18N2O4/c36-30-24-14-19-8-4-5-9-20(19)15-25(24)31(37)26(30)17-23-18-28-32(35(23)22-11-2-1-3-12-22)34-33(39-28)29-16-21-10-6-7-13-27(21)38-29/h1-18H. The van der Waals surface area contributed by atoms with Gasteiger partial charge in [-0.2, -0.15) is 4.98 Å². The van der Waals surface area contributed by atoms with Gasteiger partial charge in [-0.25, -0.2) is 0 Å². The number of carbonyl (C=O) groups excluding carboxylic acids is 2. The first kappa shape index (κ1) is 21.6. The molecule has 0 atom stereocenters. The number of aromatic nitrogens is 2. The van der Waals surface area contributed by atoms with Crippen molar-refractivity contribution in [1.82, 2.24) is 9.55 Å². The number of carbonyl (C=O) groups is 2. The van der Waals surface area contributed by atoms with E-state index >= 15 is 0 Å². The highest BCUT2D eigenvalue weighted by molar-refractivity contribution is 6.42. The molecule has 3 heterocycles. The summed E-state index contributed by atoms with van der Waals surface area (Å²) in [6, 6.07) is 32.4. The second-order valence-corrected chi connectivity index (χ2v) is 9.56. The summed E-state index contributed by atoms with van der Waals surface area (Å²) in [4.78, 5) is 31.6. The maximum absolute atomic E-state index is 13.4. The average molecular weight is 507 g/mol. The van der Waals surface area contributed by atoms with Crippen LogP contribution < -0.4 is 0 Å². The van der Waals surface area contributed by atoms with Crippen molar-refractivity contribution in [3.63, 3.8) is 0 Å². The van der Waals surface area contributed by atoms with Crippen molar-refractivity contribution >= 4 is 50.6 Å². The molecular weight excluding hydrogens is 488 g/mol. The second-order valence-electron chi connectivity index (χ2n) is 9.56. The van der Waals surface area contributed by atoms with Gasteiger partial charge in [0, 0.05) is 28.3 Å². The lowest BCUT2D eigenvalue weighted by atomic mass is 10.0. The average Bonchev–Trinajstić information content (AvgIpc) is 3.71. The van der Waals surface area contributed by atoms with Gasteiger partial charge in [0.1, 0.15) is 5.58 Å². The Morgan fingerprint density at radius 3 is 1.97 bits per heavy atom. The van der Waals surface area contributed by atoms with E-state index in [-0.39, 0.29) is 17.1 Å². The van der Waals surface area contributed by atoms with Crippen molar-refractivity contribution in [2.24, 2.45) is 0 Å². The lowest BCUT2D eigenvalue weighted by Gasteiger charge is -2.07. The zero-order chi connectivity index (χ0) is 26.1. The quantitative estimate of drug-likeness (QED) is 0.182. The van der Waals surface area contributed by atoms with Crippen LogP contribution in [0.5, 0.6) is 0 Å². The summed E-state index contributed by atoms with van der Waals surface area (Å²) in [5.74, 6) is 0.311. The zero-order valence-corrected chi connectivity index (χ0v) is 20.4. The third-order valence-electron chi connectivity index (χ3n) is 7.19. The molecule has 1 aliphatic carbocycles. The molecule has 0 bridgehead atoms. The second kappa shape index (κ2) is 8.00. The highest BCUT2D eigenvalue weighted by Gasteiger charge is 2.34. The predicted molar refractivity (Wildman–Crippen MR) is 149 cm³/mol. The Hall–Kier alpha value is -5.49. The van der Waals surface area contributed by atoms with E-state index < -0.39 is 0 Å². The molecule has 0 saturated carbocycles. The number of Topliss-reactive ketones (excluding diaryl/α,β-unsaturated/α-hetero) is 2. The van der Waals surface area contributed by atoms with E-state index in [2.05, 4.69) is 0 Å². The molecule has 0 saturated heterocycles. The topological polar surface area (TPSA) is 78.2 Å². The molecular formula is C33H18N2O4. The number of allylic oxidation sites excluding steroid dienone is 1. The molecule has 1 aliphatic rings. The van der Waals surface area contributed by atoms with Crippen LogP contribution in [0.2, 0.25) is 0 Å². The van der Waals surface area contributed by atoms with Crippen LogP contribution in [0.1, 0.15) is 26.4 Å². The van der Waals surface area contributed by atoms with Crippen molar-refractivity contribution in [2.45, 2.75) is 0 Å². The van der Waals surface area contributed by atoms with E-state index in [4.69, 9.17) is 13.8 Å². The monoisotopic (exact) mass is 506 g/mol. The van der Waals surface area contributed by atoms with Gasteiger partial charge in [0.15, 0.2) is 28.6 Å². The van der Waals surface area contributed by atoms with Crippen molar-refractivity contribution in [1.29, 1.82) is 0 Å². The minimum atomic E-state index is -0.283. The summed E-state index contributed by atoms with van der Waals surface area (Å²) in [7, 11) is 0. The zero-order valence-electron chi connectivity index (χ0n) is 20.4. The largest absolute Gasteiger partial charge is 0.451 e. The van der Waals surface area contributed by atoms with Gasteiger partial charge in [-0.15, -0.1) is 0 Å². The molecule has 4 aromatic carbocycles.